The number of hydrogen-bond donors (Lipinski definition) is 1. The van der Waals surface area contributed by atoms with Crippen molar-refractivity contribution in [3.63, 3.8) is 0 Å². The molecule has 0 amide bonds. The number of carboxylic acids is 1. The maximum Gasteiger partial charge on any atom is 0.335 e. The van der Waals surface area contributed by atoms with Crippen molar-refractivity contribution in [2.24, 2.45) is 0 Å². The molecule has 0 saturated heterocycles. The Morgan fingerprint density at radius 1 is 1.12 bits per heavy atom. The number of aromatic carboxylic acids is 1. The molecule has 0 heterocycles. The molecule has 128 valence electrons. The van der Waals surface area contributed by atoms with Crippen LogP contribution in [0.5, 0.6) is 17.2 Å². The molecular weight excluding hydrogens is 315 g/mol. The molecule has 0 unspecified atom stereocenters. The van der Waals surface area contributed by atoms with Crippen LogP contribution >= 0.6 is 0 Å². The fourth-order valence-electron chi connectivity index (χ4n) is 2.07. The van der Waals surface area contributed by atoms with Gasteiger partial charge in [0.1, 0.15) is 6.61 Å². The highest BCUT2D eigenvalue weighted by Crippen LogP contribution is 2.39. The Morgan fingerprint density at radius 3 is 2.46 bits per heavy atom. The number of carboxylic acid groups (broad SMARTS) is 1. The highest BCUT2D eigenvalue weighted by atomic mass is 19.1. The van der Waals surface area contributed by atoms with Gasteiger partial charge in [-0.25, -0.2) is 4.79 Å². The van der Waals surface area contributed by atoms with E-state index in [1.54, 1.807) is 0 Å². The second kappa shape index (κ2) is 8.76. The van der Waals surface area contributed by atoms with E-state index in [0.29, 0.717) is 5.75 Å². The molecule has 5 nitrogen and oxygen atoms in total. The summed E-state index contributed by atoms with van der Waals surface area (Å²) in [6.45, 7) is -0.135. The number of ether oxygens (including phenoxy) is 3. The number of benzene rings is 2. The van der Waals surface area contributed by atoms with Gasteiger partial charge in [0.25, 0.3) is 0 Å². The second-order valence-electron chi connectivity index (χ2n) is 4.98. The average molecular weight is 334 g/mol. The van der Waals surface area contributed by atoms with Gasteiger partial charge in [0.2, 0.25) is 5.75 Å². The van der Waals surface area contributed by atoms with Crippen LogP contribution in [0.1, 0.15) is 22.3 Å². The predicted octanol–water partition coefficient (Wildman–Crippen LogP) is 3.71. The average Bonchev–Trinajstić information content (AvgIpc) is 2.60. The van der Waals surface area contributed by atoms with E-state index in [1.165, 1.54) is 19.2 Å². The molecule has 0 atom stereocenters. The molecule has 0 bridgehead atoms. The third-order valence-corrected chi connectivity index (χ3v) is 3.25. The molecule has 1 N–H and O–H groups in total. The maximum absolute atomic E-state index is 12.3. The van der Waals surface area contributed by atoms with Crippen LogP contribution in [-0.4, -0.2) is 31.5 Å². The first-order chi connectivity index (χ1) is 11.7. The summed E-state index contributed by atoms with van der Waals surface area (Å²) in [5.74, 6) is -0.347. The summed E-state index contributed by atoms with van der Waals surface area (Å²) in [7, 11) is 1.42. The molecule has 0 aliphatic rings. The minimum Gasteiger partial charge on any atom is -0.493 e. The Morgan fingerprint density at radius 2 is 1.83 bits per heavy atom. The van der Waals surface area contributed by atoms with Gasteiger partial charge in [0.15, 0.2) is 11.5 Å². The highest BCUT2D eigenvalue weighted by Gasteiger charge is 2.18. The van der Waals surface area contributed by atoms with Crippen molar-refractivity contribution in [3.8, 4) is 17.2 Å². The molecule has 2 aromatic carbocycles. The van der Waals surface area contributed by atoms with Crippen LogP contribution in [0.15, 0.2) is 42.5 Å². The monoisotopic (exact) mass is 334 g/mol. The fourth-order valence-corrected chi connectivity index (χ4v) is 2.07. The number of alkyl halides is 1. The molecule has 0 radical (unpaired) electrons. The van der Waals surface area contributed by atoms with Gasteiger partial charge < -0.3 is 19.3 Å². The molecule has 0 spiro atoms. The SMILES string of the molecule is COc1cc(C(=O)O)cc(OCCCF)c1OCc1ccccc1. The Labute approximate surface area is 139 Å². The zero-order chi connectivity index (χ0) is 17.4. The van der Waals surface area contributed by atoms with Gasteiger partial charge in [0.05, 0.1) is 26.0 Å². The van der Waals surface area contributed by atoms with E-state index in [-0.39, 0.29) is 36.7 Å². The van der Waals surface area contributed by atoms with Crippen LogP contribution in [0.3, 0.4) is 0 Å². The van der Waals surface area contributed by atoms with Gasteiger partial charge >= 0.3 is 5.97 Å². The van der Waals surface area contributed by atoms with Crippen molar-refractivity contribution >= 4 is 5.97 Å². The lowest BCUT2D eigenvalue weighted by atomic mass is 10.2. The smallest absolute Gasteiger partial charge is 0.335 e. The van der Waals surface area contributed by atoms with Crippen molar-refractivity contribution < 1.29 is 28.5 Å². The summed E-state index contributed by atoms with van der Waals surface area (Å²) in [4.78, 5) is 11.2. The van der Waals surface area contributed by atoms with Gasteiger partial charge in [-0.2, -0.15) is 0 Å². The Hall–Kier alpha value is -2.76. The molecule has 6 heteroatoms. The molecule has 2 aromatic rings. The summed E-state index contributed by atoms with van der Waals surface area (Å²) in [5, 5.41) is 9.19. The largest absolute Gasteiger partial charge is 0.493 e. The van der Waals surface area contributed by atoms with Gasteiger partial charge in [-0.1, -0.05) is 30.3 Å². The third-order valence-electron chi connectivity index (χ3n) is 3.25. The lowest BCUT2D eigenvalue weighted by Gasteiger charge is -2.16. The Balaban J connectivity index is 2.28. The molecule has 0 aromatic heterocycles. The van der Waals surface area contributed by atoms with E-state index in [2.05, 4.69) is 0 Å². The maximum atomic E-state index is 12.3. The Kier molecular flexibility index (Phi) is 6.42. The number of rotatable bonds is 9. The Bertz CT molecular complexity index is 673. The summed E-state index contributed by atoms with van der Waals surface area (Å²) < 4.78 is 28.8. The van der Waals surface area contributed by atoms with Crippen molar-refractivity contribution in [1.29, 1.82) is 0 Å². The standard InChI is InChI=1S/C18H19FO5/c1-22-15-10-14(18(20)21)11-16(23-9-5-8-19)17(15)24-12-13-6-3-2-4-7-13/h2-4,6-7,10-11H,5,8-9,12H2,1H3,(H,20,21). The molecule has 0 aliphatic heterocycles. The minimum absolute atomic E-state index is 0.00848. The zero-order valence-corrected chi connectivity index (χ0v) is 13.3. The summed E-state index contributed by atoms with van der Waals surface area (Å²) in [6, 6.07) is 12.2. The normalized spacial score (nSPS) is 10.2. The van der Waals surface area contributed by atoms with Gasteiger partial charge in [-0.05, 0) is 17.7 Å². The number of hydrogen-bond acceptors (Lipinski definition) is 4. The quantitative estimate of drug-likeness (QED) is 0.708. The number of halogens is 1. The summed E-state index contributed by atoms with van der Waals surface area (Å²) in [6.07, 6.45) is 0.206. The van der Waals surface area contributed by atoms with Crippen LogP contribution in [0.25, 0.3) is 0 Å². The summed E-state index contributed by atoms with van der Waals surface area (Å²) in [5.41, 5.74) is 0.950. The number of carbonyl (C=O) groups is 1. The van der Waals surface area contributed by atoms with Crippen LogP contribution in [0.4, 0.5) is 4.39 Å². The highest BCUT2D eigenvalue weighted by molar-refractivity contribution is 5.89. The van der Waals surface area contributed by atoms with E-state index in [4.69, 9.17) is 14.2 Å². The molecule has 0 saturated carbocycles. The van der Waals surface area contributed by atoms with Gasteiger partial charge in [-0.3, -0.25) is 4.39 Å². The van der Waals surface area contributed by atoms with Gasteiger partial charge in [0, 0.05) is 6.42 Å². The third kappa shape index (κ3) is 4.62. The molecule has 2 rings (SSSR count). The fraction of sp³-hybridized carbons (Fsp3) is 0.278. The first-order valence-corrected chi connectivity index (χ1v) is 7.46. The van der Waals surface area contributed by atoms with E-state index < -0.39 is 12.6 Å². The summed E-state index contributed by atoms with van der Waals surface area (Å²) >= 11 is 0. The zero-order valence-electron chi connectivity index (χ0n) is 13.3. The van der Waals surface area contributed by atoms with E-state index in [0.717, 1.165) is 5.56 Å². The van der Waals surface area contributed by atoms with Crippen LogP contribution in [-0.2, 0) is 6.61 Å². The van der Waals surface area contributed by atoms with E-state index in [1.807, 2.05) is 30.3 Å². The van der Waals surface area contributed by atoms with Crippen molar-refractivity contribution in [2.75, 3.05) is 20.4 Å². The first kappa shape index (κ1) is 17.6. The van der Waals surface area contributed by atoms with E-state index in [9.17, 15) is 14.3 Å². The van der Waals surface area contributed by atoms with Gasteiger partial charge in [-0.15, -0.1) is 0 Å². The molecule has 24 heavy (non-hydrogen) atoms. The molecule has 0 aliphatic carbocycles. The first-order valence-electron chi connectivity index (χ1n) is 7.46. The lowest BCUT2D eigenvalue weighted by Crippen LogP contribution is -2.06. The van der Waals surface area contributed by atoms with Crippen molar-refractivity contribution in [1.82, 2.24) is 0 Å². The molecular formula is C18H19FO5. The topological polar surface area (TPSA) is 65.0 Å². The lowest BCUT2D eigenvalue weighted by molar-refractivity contribution is 0.0695. The van der Waals surface area contributed by atoms with Crippen LogP contribution in [0, 0.1) is 0 Å². The van der Waals surface area contributed by atoms with Crippen molar-refractivity contribution in [3.05, 3.63) is 53.6 Å². The predicted molar refractivity (Wildman–Crippen MR) is 86.8 cm³/mol. The van der Waals surface area contributed by atoms with E-state index >= 15 is 0 Å². The van der Waals surface area contributed by atoms with Crippen LogP contribution < -0.4 is 14.2 Å². The molecule has 0 fully saturated rings. The second-order valence-corrected chi connectivity index (χ2v) is 4.98. The number of methoxy groups -OCH3 is 1. The van der Waals surface area contributed by atoms with Crippen LogP contribution in [0.2, 0.25) is 0 Å². The van der Waals surface area contributed by atoms with Crippen molar-refractivity contribution in [2.45, 2.75) is 13.0 Å². The minimum atomic E-state index is -1.11.